The summed E-state index contributed by atoms with van der Waals surface area (Å²) in [6.45, 7) is 12.2. The van der Waals surface area contributed by atoms with Crippen LogP contribution in [0.4, 0.5) is 15.8 Å². The van der Waals surface area contributed by atoms with Crippen LogP contribution in [-0.4, -0.2) is 67.7 Å². The summed E-state index contributed by atoms with van der Waals surface area (Å²) in [5, 5.41) is 24.1. The van der Waals surface area contributed by atoms with E-state index in [1.54, 1.807) is 6.07 Å². The molecule has 1 atom stereocenters. The van der Waals surface area contributed by atoms with E-state index in [0.717, 1.165) is 63.5 Å². The van der Waals surface area contributed by atoms with Gasteiger partial charge in [-0.3, -0.25) is 14.8 Å². The summed E-state index contributed by atoms with van der Waals surface area (Å²) in [5.74, 6) is -0.628. The van der Waals surface area contributed by atoms with Crippen LogP contribution >= 0.6 is 23.2 Å². The number of halogens is 3. The number of aromatic nitrogens is 4. The zero-order valence-electron chi connectivity index (χ0n) is 29.5. The number of nitriles is 1. The van der Waals surface area contributed by atoms with Crippen molar-refractivity contribution in [2.45, 2.75) is 76.7 Å². The number of likely N-dealkylation sites (tertiary alicyclic amines) is 1. The van der Waals surface area contributed by atoms with Gasteiger partial charge in [0, 0.05) is 61.1 Å². The first-order valence-corrected chi connectivity index (χ1v) is 18.6. The third-order valence-corrected chi connectivity index (χ3v) is 11.5. The highest BCUT2D eigenvalue weighted by atomic mass is 35.5. The number of pyridine rings is 1. The predicted octanol–water partition coefficient (Wildman–Crippen LogP) is 8.41. The summed E-state index contributed by atoms with van der Waals surface area (Å²) in [6.07, 6.45) is 6.29. The molecular formula is C40H41Cl2FN8O. The number of hydrogen-bond acceptors (Lipinski definition) is 8. The van der Waals surface area contributed by atoms with Gasteiger partial charge in [-0.2, -0.15) is 5.26 Å². The summed E-state index contributed by atoms with van der Waals surface area (Å²) < 4.78 is 21.6. The van der Waals surface area contributed by atoms with Crippen LogP contribution < -0.4 is 5.32 Å². The van der Waals surface area contributed by atoms with E-state index in [1.807, 2.05) is 12.1 Å². The second kappa shape index (κ2) is 14.0. The average molecular weight is 740 g/mol. The average Bonchev–Trinajstić information content (AvgIpc) is 3.76. The maximum atomic E-state index is 14.0. The van der Waals surface area contributed by atoms with E-state index in [4.69, 9.17) is 38.3 Å². The van der Waals surface area contributed by atoms with Crippen molar-refractivity contribution >= 4 is 45.5 Å². The summed E-state index contributed by atoms with van der Waals surface area (Å²) >= 11 is 13.1. The Bertz CT molecular complexity index is 2180. The van der Waals surface area contributed by atoms with Gasteiger partial charge in [-0.15, -0.1) is 5.10 Å². The lowest BCUT2D eigenvalue weighted by Gasteiger charge is -2.40. The van der Waals surface area contributed by atoms with Crippen molar-refractivity contribution in [3.63, 3.8) is 0 Å². The van der Waals surface area contributed by atoms with Gasteiger partial charge in [-0.05, 0) is 92.6 Å². The Morgan fingerprint density at radius 2 is 1.85 bits per heavy atom. The van der Waals surface area contributed by atoms with Crippen LogP contribution in [0.15, 0.2) is 60.9 Å². The number of anilines is 2. The Hall–Kier alpha value is -4.11. The molecule has 2 aromatic heterocycles. The van der Waals surface area contributed by atoms with Crippen molar-refractivity contribution in [1.29, 1.82) is 5.26 Å². The molecule has 12 heteroatoms. The molecule has 8 rings (SSSR count). The van der Waals surface area contributed by atoms with Crippen LogP contribution in [0, 0.1) is 17.1 Å². The highest BCUT2D eigenvalue weighted by Gasteiger charge is 2.34. The van der Waals surface area contributed by atoms with E-state index in [0.29, 0.717) is 45.3 Å². The number of nitrogens with zero attached hydrogens (tertiary/aromatic N) is 7. The maximum absolute atomic E-state index is 14.0. The molecule has 0 bridgehead atoms. The summed E-state index contributed by atoms with van der Waals surface area (Å²) in [4.78, 5) is 9.61. The monoisotopic (exact) mass is 738 g/mol. The van der Waals surface area contributed by atoms with Gasteiger partial charge in [0.15, 0.2) is 0 Å². The fourth-order valence-electron chi connectivity index (χ4n) is 7.90. The van der Waals surface area contributed by atoms with Crippen LogP contribution in [-0.2, 0) is 24.2 Å². The lowest BCUT2D eigenvalue weighted by atomic mass is 9.85. The molecule has 3 aliphatic heterocycles. The highest BCUT2D eigenvalue weighted by molar-refractivity contribution is 6.35. The largest absolute Gasteiger partial charge is 0.378 e. The van der Waals surface area contributed by atoms with Crippen molar-refractivity contribution in [2.24, 2.45) is 0 Å². The Labute approximate surface area is 313 Å². The lowest BCUT2D eigenvalue weighted by Crippen LogP contribution is -2.46. The van der Waals surface area contributed by atoms with Crippen molar-refractivity contribution < 1.29 is 9.13 Å². The van der Waals surface area contributed by atoms with E-state index < -0.39 is 5.82 Å². The Morgan fingerprint density at radius 1 is 1.04 bits per heavy atom. The number of piperidine rings is 1. The van der Waals surface area contributed by atoms with E-state index in [1.165, 1.54) is 35.0 Å². The number of hydrogen-bond donors (Lipinski definition) is 1. The molecule has 5 aromatic rings. The third kappa shape index (κ3) is 6.77. The lowest BCUT2D eigenvalue weighted by molar-refractivity contribution is -0.0670. The first-order valence-electron chi connectivity index (χ1n) is 17.9. The number of ether oxygens (including phenoxy) is 1. The first kappa shape index (κ1) is 34.9. The quantitative estimate of drug-likeness (QED) is 0.170. The SMILES string of the molecule is CC(C)(C)N1CCC(n2cc([C@@H](Cc3cc(Cl)c4ncc(C#N)c(Nc5ccc(F)c(Cl)c5)c4c3)c3cccc4c3CN(C3COC3)C4)nn2)CC1. The standard InChI is InChI=1S/C40H41Cl2FN8O/c1-40(2,3)50-11-9-28(10-12-50)51-21-37(47-48-51)31(30-6-4-5-25-19-49(20-33(25)30)29-22-52-23-29)13-24-14-32-38(46-27-7-8-36(43)34(41)16-27)26(17-44)18-45-39(32)35(42)15-24/h4-8,14-16,18,21,28-29,31H,9-13,19-20,22-23H2,1-3H3,(H,45,46)/t31-/m0/s1. The molecule has 0 saturated carbocycles. The minimum absolute atomic E-state index is 0.0185. The van der Waals surface area contributed by atoms with E-state index in [2.05, 4.69) is 76.0 Å². The molecule has 1 N–H and O–H groups in total. The van der Waals surface area contributed by atoms with Gasteiger partial charge in [0.1, 0.15) is 11.9 Å². The van der Waals surface area contributed by atoms with Crippen LogP contribution in [0.1, 0.15) is 79.1 Å². The Morgan fingerprint density at radius 3 is 2.56 bits per heavy atom. The second-order valence-electron chi connectivity index (χ2n) is 15.2. The molecule has 5 heterocycles. The predicted molar refractivity (Wildman–Crippen MR) is 202 cm³/mol. The molecule has 9 nitrogen and oxygen atoms in total. The molecule has 0 spiro atoms. The van der Waals surface area contributed by atoms with Crippen LogP contribution in [0.5, 0.6) is 0 Å². The van der Waals surface area contributed by atoms with Crippen LogP contribution in [0.3, 0.4) is 0 Å². The molecule has 0 aliphatic carbocycles. The minimum atomic E-state index is -0.521. The summed E-state index contributed by atoms with van der Waals surface area (Å²) in [7, 11) is 0. The zero-order chi connectivity index (χ0) is 36.1. The van der Waals surface area contributed by atoms with Gasteiger partial charge in [0.25, 0.3) is 0 Å². The van der Waals surface area contributed by atoms with Gasteiger partial charge in [0.2, 0.25) is 0 Å². The van der Waals surface area contributed by atoms with Gasteiger partial charge in [-0.25, -0.2) is 9.07 Å². The topological polar surface area (TPSA) is 95.1 Å². The minimum Gasteiger partial charge on any atom is -0.378 e. The molecule has 0 unspecified atom stereocenters. The van der Waals surface area contributed by atoms with Gasteiger partial charge in [-0.1, -0.05) is 46.6 Å². The zero-order valence-corrected chi connectivity index (χ0v) is 31.1. The summed E-state index contributed by atoms with van der Waals surface area (Å²) in [6, 6.07) is 18.0. The van der Waals surface area contributed by atoms with Crippen molar-refractivity contribution in [1.82, 2.24) is 29.8 Å². The van der Waals surface area contributed by atoms with Gasteiger partial charge < -0.3 is 10.1 Å². The fourth-order valence-corrected chi connectivity index (χ4v) is 8.37. The smallest absolute Gasteiger partial charge is 0.141 e. The maximum Gasteiger partial charge on any atom is 0.141 e. The molecule has 2 fully saturated rings. The van der Waals surface area contributed by atoms with Crippen molar-refractivity contribution in [2.75, 3.05) is 31.6 Å². The first-order chi connectivity index (χ1) is 25.1. The molecule has 0 radical (unpaired) electrons. The number of rotatable bonds is 8. The van der Waals surface area contributed by atoms with E-state index in [9.17, 15) is 9.65 Å². The molecule has 3 aromatic carbocycles. The van der Waals surface area contributed by atoms with Crippen molar-refractivity contribution in [3.8, 4) is 6.07 Å². The van der Waals surface area contributed by atoms with Gasteiger partial charge in [0.05, 0.1) is 57.8 Å². The molecule has 2 saturated heterocycles. The molecular weight excluding hydrogens is 698 g/mol. The second-order valence-corrected chi connectivity index (χ2v) is 16.1. The Kier molecular flexibility index (Phi) is 9.43. The number of nitrogens with one attached hydrogen (secondary N) is 1. The van der Waals surface area contributed by atoms with E-state index >= 15 is 0 Å². The normalized spacial score (nSPS) is 17.9. The Balaban J connectivity index is 1.18. The number of benzene rings is 3. The third-order valence-electron chi connectivity index (χ3n) is 11.0. The highest BCUT2D eigenvalue weighted by Crippen LogP contribution is 2.40. The van der Waals surface area contributed by atoms with Crippen LogP contribution in [0.25, 0.3) is 10.9 Å². The number of fused-ring (bicyclic) bond motifs is 2. The summed E-state index contributed by atoms with van der Waals surface area (Å²) in [5.41, 5.74) is 7.88. The van der Waals surface area contributed by atoms with Crippen LogP contribution in [0.2, 0.25) is 10.0 Å². The van der Waals surface area contributed by atoms with Gasteiger partial charge >= 0.3 is 0 Å². The van der Waals surface area contributed by atoms with Crippen molar-refractivity contribution in [3.05, 3.63) is 110 Å². The molecule has 0 amide bonds. The fraction of sp³-hybridized carbons (Fsp3) is 0.400. The van der Waals surface area contributed by atoms with E-state index in [-0.39, 0.29) is 22.5 Å². The molecule has 3 aliphatic rings. The molecule has 52 heavy (non-hydrogen) atoms. The molecule has 268 valence electrons.